The van der Waals surface area contributed by atoms with Crippen molar-refractivity contribution in [3.05, 3.63) is 69.3 Å². The molecule has 3 rings (SSSR count). The number of aryl methyl sites for hydroxylation is 2. The maximum Gasteiger partial charge on any atom is 0.316 e. The second-order valence-corrected chi connectivity index (χ2v) is 6.95. The van der Waals surface area contributed by atoms with Crippen LogP contribution in [0.15, 0.2) is 47.4 Å². The topological polar surface area (TPSA) is 86.5 Å². The number of para-hydroxylation sites is 1. The first-order valence-corrected chi connectivity index (χ1v) is 9.20. The zero-order chi connectivity index (χ0) is 18.5. The van der Waals surface area contributed by atoms with Crippen molar-refractivity contribution in [3.63, 3.8) is 0 Å². The Kier molecular flexibility index (Phi) is 5.68. The van der Waals surface area contributed by atoms with Gasteiger partial charge in [-0.1, -0.05) is 24.3 Å². The van der Waals surface area contributed by atoms with Crippen molar-refractivity contribution in [1.29, 1.82) is 0 Å². The molecule has 0 atom stereocenters. The van der Waals surface area contributed by atoms with E-state index in [1.165, 1.54) is 17.2 Å². The van der Waals surface area contributed by atoms with Gasteiger partial charge in [0.25, 0.3) is 5.69 Å². The SMILES string of the molecule is O=C(CSc1ccccc1[N+](=O)[O-])OCC(=O)c1ccc2c(c1)CCC2. The van der Waals surface area contributed by atoms with Crippen molar-refractivity contribution in [2.24, 2.45) is 0 Å². The molecular formula is C19H17NO5S. The van der Waals surface area contributed by atoms with Gasteiger partial charge in [-0.15, -0.1) is 11.8 Å². The Morgan fingerprint density at radius 2 is 1.88 bits per heavy atom. The van der Waals surface area contributed by atoms with Gasteiger partial charge in [0, 0.05) is 11.6 Å². The molecule has 0 aliphatic heterocycles. The van der Waals surface area contributed by atoms with Gasteiger partial charge in [0.2, 0.25) is 0 Å². The number of rotatable bonds is 7. The molecule has 1 aliphatic rings. The Hall–Kier alpha value is -2.67. The number of fused-ring (bicyclic) bond motifs is 1. The predicted molar refractivity (Wildman–Crippen MR) is 97.6 cm³/mol. The number of ether oxygens (including phenoxy) is 1. The van der Waals surface area contributed by atoms with Crippen LogP contribution in [-0.4, -0.2) is 29.0 Å². The molecule has 26 heavy (non-hydrogen) atoms. The average molecular weight is 371 g/mol. The monoisotopic (exact) mass is 371 g/mol. The maximum absolute atomic E-state index is 12.2. The highest BCUT2D eigenvalue weighted by Crippen LogP contribution is 2.28. The molecule has 0 bridgehead atoms. The maximum atomic E-state index is 12.2. The molecule has 6 nitrogen and oxygen atoms in total. The average Bonchev–Trinajstić information content (AvgIpc) is 3.12. The molecule has 134 valence electrons. The van der Waals surface area contributed by atoms with Crippen LogP contribution in [-0.2, 0) is 22.4 Å². The zero-order valence-electron chi connectivity index (χ0n) is 14.0. The van der Waals surface area contributed by atoms with Crippen LogP contribution < -0.4 is 0 Å². The third-order valence-corrected chi connectivity index (χ3v) is 5.23. The van der Waals surface area contributed by atoms with Gasteiger partial charge in [0.15, 0.2) is 12.4 Å². The molecule has 0 unspecified atom stereocenters. The number of carbonyl (C=O) groups excluding carboxylic acids is 2. The summed E-state index contributed by atoms with van der Waals surface area (Å²) in [6.45, 7) is -0.324. The quantitative estimate of drug-likeness (QED) is 0.243. The Labute approximate surface area is 154 Å². The fourth-order valence-electron chi connectivity index (χ4n) is 2.88. The van der Waals surface area contributed by atoms with E-state index in [9.17, 15) is 19.7 Å². The minimum Gasteiger partial charge on any atom is -0.457 e. The van der Waals surface area contributed by atoms with E-state index in [0.29, 0.717) is 10.5 Å². The normalized spacial score (nSPS) is 12.5. The molecule has 0 saturated heterocycles. The van der Waals surface area contributed by atoms with Gasteiger partial charge >= 0.3 is 5.97 Å². The minimum absolute atomic E-state index is 0.0560. The molecule has 0 amide bonds. The lowest BCUT2D eigenvalue weighted by molar-refractivity contribution is -0.387. The molecule has 0 heterocycles. The summed E-state index contributed by atoms with van der Waals surface area (Å²) in [6, 6.07) is 11.8. The number of nitro benzene ring substituents is 1. The highest BCUT2D eigenvalue weighted by Gasteiger charge is 2.17. The lowest BCUT2D eigenvalue weighted by atomic mass is 10.0. The number of nitro groups is 1. The second-order valence-electron chi connectivity index (χ2n) is 5.93. The van der Waals surface area contributed by atoms with E-state index in [-0.39, 0.29) is 23.8 Å². The summed E-state index contributed by atoms with van der Waals surface area (Å²) in [4.78, 5) is 34.9. The van der Waals surface area contributed by atoms with E-state index in [4.69, 9.17) is 4.74 Å². The van der Waals surface area contributed by atoms with Crippen molar-refractivity contribution in [2.75, 3.05) is 12.4 Å². The molecule has 2 aromatic rings. The molecule has 0 saturated carbocycles. The predicted octanol–water partition coefficient (Wildman–Crippen LogP) is 3.60. The first-order chi connectivity index (χ1) is 12.5. The van der Waals surface area contributed by atoms with Gasteiger partial charge in [-0.3, -0.25) is 19.7 Å². The number of ketones is 1. The highest BCUT2D eigenvalue weighted by atomic mass is 32.2. The van der Waals surface area contributed by atoms with E-state index >= 15 is 0 Å². The van der Waals surface area contributed by atoms with E-state index in [2.05, 4.69) is 0 Å². The smallest absolute Gasteiger partial charge is 0.316 e. The number of thioether (sulfide) groups is 1. The number of hydrogen-bond donors (Lipinski definition) is 0. The second kappa shape index (κ2) is 8.14. The standard InChI is InChI=1S/C19H17NO5S/c21-17(15-9-8-13-4-3-5-14(13)10-15)11-25-19(22)12-26-18-7-2-1-6-16(18)20(23)24/h1-2,6-10H,3-5,11-12H2. The van der Waals surface area contributed by atoms with E-state index in [1.807, 2.05) is 12.1 Å². The van der Waals surface area contributed by atoms with Gasteiger partial charge in [0.1, 0.15) is 0 Å². The van der Waals surface area contributed by atoms with Crippen LogP contribution in [0.3, 0.4) is 0 Å². The van der Waals surface area contributed by atoms with Gasteiger partial charge in [0.05, 0.1) is 15.6 Å². The van der Waals surface area contributed by atoms with Crippen LogP contribution in [0.25, 0.3) is 0 Å². The fraction of sp³-hybridized carbons (Fsp3) is 0.263. The third-order valence-electron chi connectivity index (χ3n) is 4.19. The fourth-order valence-corrected chi connectivity index (χ4v) is 3.70. The van der Waals surface area contributed by atoms with E-state index in [0.717, 1.165) is 31.0 Å². The van der Waals surface area contributed by atoms with Gasteiger partial charge in [-0.2, -0.15) is 0 Å². The summed E-state index contributed by atoms with van der Waals surface area (Å²) >= 11 is 1.02. The van der Waals surface area contributed by atoms with Crippen LogP contribution in [0.5, 0.6) is 0 Å². The highest BCUT2D eigenvalue weighted by molar-refractivity contribution is 8.00. The number of carbonyl (C=O) groups is 2. The van der Waals surface area contributed by atoms with Crippen LogP contribution >= 0.6 is 11.8 Å². The minimum atomic E-state index is -0.581. The number of esters is 1. The van der Waals surface area contributed by atoms with Gasteiger partial charge in [-0.05, 0) is 42.5 Å². The summed E-state index contributed by atoms with van der Waals surface area (Å²) in [5.41, 5.74) is 2.96. The molecule has 0 spiro atoms. The van der Waals surface area contributed by atoms with E-state index < -0.39 is 10.9 Å². The summed E-state index contributed by atoms with van der Waals surface area (Å²) in [7, 11) is 0. The molecule has 0 aromatic heterocycles. The largest absolute Gasteiger partial charge is 0.457 e. The van der Waals surface area contributed by atoms with Crippen molar-refractivity contribution in [2.45, 2.75) is 24.2 Å². The molecule has 0 N–H and O–H groups in total. The van der Waals surface area contributed by atoms with Gasteiger partial charge in [-0.25, -0.2) is 0 Å². The van der Waals surface area contributed by atoms with Crippen LogP contribution in [0.4, 0.5) is 5.69 Å². The van der Waals surface area contributed by atoms with Gasteiger partial charge < -0.3 is 4.74 Å². The van der Waals surface area contributed by atoms with Crippen LogP contribution in [0.2, 0.25) is 0 Å². The Balaban J connectivity index is 1.51. The summed E-state index contributed by atoms with van der Waals surface area (Å²) in [5.74, 6) is -0.922. The molecule has 1 aliphatic carbocycles. The molecular weight excluding hydrogens is 354 g/mol. The van der Waals surface area contributed by atoms with Crippen molar-refractivity contribution >= 4 is 29.2 Å². The van der Waals surface area contributed by atoms with Crippen LogP contribution in [0, 0.1) is 10.1 Å². The Bertz CT molecular complexity index is 865. The number of Topliss-reactive ketones (excluding diaryl/α,β-unsaturated/α-hetero) is 1. The summed E-state index contributed by atoms with van der Waals surface area (Å²) in [5, 5.41) is 11.0. The van der Waals surface area contributed by atoms with Crippen molar-refractivity contribution in [3.8, 4) is 0 Å². The molecule has 0 fully saturated rings. The first kappa shape index (κ1) is 18.1. The molecule has 0 radical (unpaired) electrons. The number of nitrogens with zero attached hydrogens (tertiary/aromatic N) is 1. The van der Waals surface area contributed by atoms with Crippen molar-refractivity contribution < 1.29 is 19.2 Å². The van der Waals surface area contributed by atoms with E-state index in [1.54, 1.807) is 24.3 Å². The Morgan fingerprint density at radius 3 is 2.69 bits per heavy atom. The lowest BCUT2D eigenvalue weighted by Gasteiger charge is -2.06. The number of benzene rings is 2. The lowest BCUT2D eigenvalue weighted by Crippen LogP contribution is -2.15. The Morgan fingerprint density at radius 1 is 1.12 bits per heavy atom. The molecule has 2 aromatic carbocycles. The third kappa shape index (κ3) is 4.29. The molecule has 7 heteroatoms. The first-order valence-electron chi connectivity index (χ1n) is 8.21. The van der Waals surface area contributed by atoms with Crippen molar-refractivity contribution in [1.82, 2.24) is 0 Å². The number of hydrogen-bond acceptors (Lipinski definition) is 6. The zero-order valence-corrected chi connectivity index (χ0v) is 14.8. The van der Waals surface area contributed by atoms with Crippen LogP contribution in [0.1, 0.15) is 27.9 Å². The summed E-state index contributed by atoms with van der Waals surface area (Å²) < 4.78 is 5.02. The summed E-state index contributed by atoms with van der Waals surface area (Å²) in [6.07, 6.45) is 3.12.